The van der Waals surface area contributed by atoms with E-state index in [1.165, 1.54) is 5.56 Å². The van der Waals surface area contributed by atoms with E-state index in [4.69, 9.17) is 28.9 Å². The van der Waals surface area contributed by atoms with Crippen LogP contribution in [0.2, 0.25) is 10.0 Å². The number of hydrogen-bond donors (Lipinski definition) is 2. The summed E-state index contributed by atoms with van der Waals surface area (Å²) in [5.74, 6) is 0. The van der Waals surface area contributed by atoms with Crippen molar-refractivity contribution in [2.75, 3.05) is 6.54 Å². The highest BCUT2D eigenvalue weighted by Gasteiger charge is 2.17. The van der Waals surface area contributed by atoms with Crippen molar-refractivity contribution in [2.24, 2.45) is 5.73 Å². The SMILES string of the molecule is NCCCCc1c(-c2cccc3ncccc23)[nH]c2c(Cl)cc(Cl)cc12. The summed E-state index contributed by atoms with van der Waals surface area (Å²) in [6.45, 7) is 0.692. The molecule has 0 amide bonds. The molecule has 0 saturated heterocycles. The average molecular weight is 384 g/mol. The summed E-state index contributed by atoms with van der Waals surface area (Å²) in [4.78, 5) is 8.03. The van der Waals surface area contributed by atoms with E-state index in [0.29, 0.717) is 16.6 Å². The summed E-state index contributed by atoms with van der Waals surface area (Å²) < 4.78 is 0. The number of H-pyrrole nitrogens is 1. The minimum absolute atomic E-state index is 0.636. The Bertz CT molecular complexity index is 1080. The largest absolute Gasteiger partial charge is 0.353 e. The average Bonchev–Trinajstić information content (AvgIpc) is 3.00. The molecule has 26 heavy (non-hydrogen) atoms. The van der Waals surface area contributed by atoms with Gasteiger partial charge >= 0.3 is 0 Å². The smallest absolute Gasteiger partial charge is 0.0708 e. The predicted octanol–water partition coefficient (Wildman–Crippen LogP) is 5.97. The lowest BCUT2D eigenvalue weighted by Crippen LogP contribution is -1.99. The number of nitrogens with two attached hydrogens (primary N) is 1. The third kappa shape index (κ3) is 3.07. The summed E-state index contributed by atoms with van der Waals surface area (Å²) in [6, 6.07) is 14.0. The molecule has 0 atom stereocenters. The van der Waals surface area contributed by atoms with Crippen LogP contribution in [0.25, 0.3) is 33.1 Å². The molecular formula is C21H19Cl2N3. The van der Waals surface area contributed by atoms with E-state index in [0.717, 1.165) is 52.3 Å². The molecule has 3 N–H and O–H groups in total. The van der Waals surface area contributed by atoms with Gasteiger partial charge in [-0.2, -0.15) is 0 Å². The van der Waals surface area contributed by atoms with Gasteiger partial charge in [0.15, 0.2) is 0 Å². The number of nitrogens with one attached hydrogen (secondary N) is 1. The highest BCUT2D eigenvalue weighted by atomic mass is 35.5. The minimum Gasteiger partial charge on any atom is -0.353 e. The van der Waals surface area contributed by atoms with Crippen molar-refractivity contribution in [3.8, 4) is 11.3 Å². The monoisotopic (exact) mass is 383 g/mol. The van der Waals surface area contributed by atoms with Crippen molar-refractivity contribution in [1.29, 1.82) is 0 Å². The third-order valence-corrected chi connectivity index (χ3v) is 5.24. The number of aryl methyl sites for hydroxylation is 1. The molecule has 0 bridgehead atoms. The molecule has 0 aliphatic carbocycles. The van der Waals surface area contributed by atoms with Gasteiger partial charge < -0.3 is 10.7 Å². The third-order valence-electron chi connectivity index (χ3n) is 4.73. The maximum Gasteiger partial charge on any atom is 0.0708 e. The molecule has 0 fully saturated rings. The van der Waals surface area contributed by atoms with Crippen molar-refractivity contribution in [3.63, 3.8) is 0 Å². The number of fused-ring (bicyclic) bond motifs is 2. The first kappa shape index (κ1) is 17.3. The first-order chi connectivity index (χ1) is 12.7. The zero-order chi connectivity index (χ0) is 18.1. The van der Waals surface area contributed by atoms with Gasteiger partial charge in [0, 0.05) is 27.6 Å². The molecule has 0 unspecified atom stereocenters. The Morgan fingerprint density at radius 3 is 2.73 bits per heavy atom. The van der Waals surface area contributed by atoms with Crippen LogP contribution in [0, 0.1) is 0 Å². The normalized spacial score (nSPS) is 11.5. The van der Waals surface area contributed by atoms with Crippen LogP contribution in [0.1, 0.15) is 18.4 Å². The van der Waals surface area contributed by atoms with Crippen LogP contribution in [-0.4, -0.2) is 16.5 Å². The lowest BCUT2D eigenvalue weighted by molar-refractivity contribution is 0.748. The summed E-state index contributed by atoms with van der Waals surface area (Å²) in [5, 5.41) is 3.48. The first-order valence-corrected chi connectivity index (χ1v) is 9.48. The highest BCUT2D eigenvalue weighted by molar-refractivity contribution is 6.38. The molecular weight excluding hydrogens is 365 g/mol. The van der Waals surface area contributed by atoms with Gasteiger partial charge in [-0.25, -0.2) is 0 Å². The molecule has 5 heteroatoms. The van der Waals surface area contributed by atoms with Gasteiger partial charge in [-0.3, -0.25) is 4.98 Å². The van der Waals surface area contributed by atoms with Crippen LogP contribution in [0.15, 0.2) is 48.7 Å². The van der Waals surface area contributed by atoms with Crippen molar-refractivity contribution in [3.05, 3.63) is 64.3 Å². The van der Waals surface area contributed by atoms with E-state index in [1.807, 2.05) is 30.5 Å². The molecule has 2 aromatic heterocycles. The van der Waals surface area contributed by atoms with E-state index < -0.39 is 0 Å². The molecule has 0 aliphatic rings. The number of rotatable bonds is 5. The Morgan fingerprint density at radius 2 is 1.88 bits per heavy atom. The van der Waals surface area contributed by atoms with Crippen LogP contribution >= 0.6 is 23.2 Å². The Labute approximate surface area is 162 Å². The van der Waals surface area contributed by atoms with Gasteiger partial charge in [-0.05, 0) is 55.6 Å². The number of halogens is 2. The Morgan fingerprint density at radius 1 is 1.00 bits per heavy atom. The van der Waals surface area contributed by atoms with Crippen molar-refractivity contribution < 1.29 is 0 Å². The van der Waals surface area contributed by atoms with Gasteiger partial charge in [0.05, 0.1) is 21.7 Å². The molecule has 0 aliphatic heterocycles. The zero-order valence-electron chi connectivity index (χ0n) is 14.2. The number of aromatic amines is 1. The van der Waals surface area contributed by atoms with E-state index in [-0.39, 0.29) is 0 Å². The van der Waals surface area contributed by atoms with E-state index in [9.17, 15) is 0 Å². The summed E-state index contributed by atoms with van der Waals surface area (Å²) in [7, 11) is 0. The number of hydrogen-bond acceptors (Lipinski definition) is 2. The van der Waals surface area contributed by atoms with Gasteiger partial charge in [-0.15, -0.1) is 0 Å². The van der Waals surface area contributed by atoms with Crippen molar-refractivity contribution in [1.82, 2.24) is 9.97 Å². The van der Waals surface area contributed by atoms with Gasteiger partial charge in [0.1, 0.15) is 0 Å². The summed E-state index contributed by atoms with van der Waals surface area (Å²) in [5.41, 5.74) is 11.0. The number of benzene rings is 2. The van der Waals surface area contributed by atoms with E-state index >= 15 is 0 Å². The van der Waals surface area contributed by atoms with Crippen LogP contribution in [0.5, 0.6) is 0 Å². The number of nitrogens with zero attached hydrogens (tertiary/aromatic N) is 1. The molecule has 2 heterocycles. The Hall–Kier alpha value is -2.07. The lowest BCUT2D eigenvalue weighted by atomic mass is 9.98. The molecule has 4 rings (SSSR count). The minimum atomic E-state index is 0.636. The zero-order valence-corrected chi connectivity index (χ0v) is 15.7. The maximum absolute atomic E-state index is 6.47. The summed E-state index contributed by atoms with van der Waals surface area (Å²) in [6.07, 6.45) is 4.73. The molecule has 132 valence electrons. The van der Waals surface area contributed by atoms with Gasteiger partial charge in [0.2, 0.25) is 0 Å². The lowest BCUT2D eigenvalue weighted by Gasteiger charge is -2.08. The van der Waals surface area contributed by atoms with Crippen LogP contribution in [-0.2, 0) is 6.42 Å². The Kier molecular flexibility index (Phi) is 4.86. The highest BCUT2D eigenvalue weighted by Crippen LogP contribution is 2.38. The standard InChI is InChI=1S/C21H19Cl2N3/c22-13-11-17-16(5-1-2-9-24)20(26-21(17)18(23)12-13)15-6-3-8-19-14(15)7-4-10-25-19/h3-4,6-8,10-12,26H,1-2,5,9,24H2. The van der Waals surface area contributed by atoms with Gasteiger partial charge in [-0.1, -0.05) is 41.4 Å². The molecule has 4 aromatic rings. The maximum atomic E-state index is 6.47. The first-order valence-electron chi connectivity index (χ1n) is 8.73. The molecule has 0 spiro atoms. The van der Waals surface area contributed by atoms with Crippen molar-refractivity contribution >= 4 is 45.0 Å². The van der Waals surface area contributed by atoms with Gasteiger partial charge in [0.25, 0.3) is 0 Å². The quantitative estimate of drug-likeness (QED) is 0.417. The van der Waals surface area contributed by atoms with Crippen LogP contribution in [0.4, 0.5) is 0 Å². The topological polar surface area (TPSA) is 54.7 Å². The van der Waals surface area contributed by atoms with Crippen LogP contribution in [0.3, 0.4) is 0 Å². The fraction of sp³-hybridized carbons (Fsp3) is 0.190. The molecule has 0 radical (unpaired) electrons. The fourth-order valence-electron chi connectivity index (χ4n) is 3.53. The second-order valence-electron chi connectivity index (χ2n) is 6.41. The molecule has 2 aromatic carbocycles. The second kappa shape index (κ2) is 7.28. The number of aromatic nitrogens is 2. The number of pyridine rings is 1. The molecule has 0 saturated carbocycles. The van der Waals surface area contributed by atoms with Crippen LogP contribution < -0.4 is 5.73 Å². The summed E-state index contributed by atoms with van der Waals surface area (Å²) >= 11 is 12.7. The molecule has 3 nitrogen and oxygen atoms in total. The van der Waals surface area contributed by atoms with Crippen molar-refractivity contribution in [2.45, 2.75) is 19.3 Å². The van der Waals surface area contributed by atoms with E-state index in [2.05, 4.69) is 22.1 Å². The fourth-order valence-corrected chi connectivity index (χ4v) is 4.07. The Balaban J connectivity index is 1.98. The van der Waals surface area contributed by atoms with E-state index in [1.54, 1.807) is 6.07 Å². The number of unbranched alkanes of at least 4 members (excludes halogenated alkanes) is 1. The predicted molar refractivity (Wildman–Crippen MR) is 111 cm³/mol. The second-order valence-corrected chi connectivity index (χ2v) is 7.25.